The third-order valence-corrected chi connectivity index (χ3v) is 6.53. The number of rotatable bonds is 8. The van der Waals surface area contributed by atoms with E-state index in [9.17, 15) is 0 Å². The molecule has 0 radical (unpaired) electrons. The van der Waals surface area contributed by atoms with Crippen molar-refractivity contribution in [2.24, 2.45) is 0 Å². The van der Waals surface area contributed by atoms with Crippen LogP contribution in [0.2, 0.25) is 0 Å². The van der Waals surface area contributed by atoms with Crippen molar-refractivity contribution >= 4 is 11.4 Å². The van der Waals surface area contributed by atoms with Crippen molar-refractivity contribution in [3.63, 3.8) is 0 Å². The maximum Gasteiger partial charge on any atom is 0.134 e. The second-order valence-electron chi connectivity index (χ2n) is 9.47. The van der Waals surface area contributed by atoms with Gasteiger partial charge in [0.25, 0.3) is 0 Å². The lowest BCUT2D eigenvalue weighted by molar-refractivity contribution is 0.166. The molecule has 0 amide bonds. The van der Waals surface area contributed by atoms with E-state index in [4.69, 9.17) is 4.42 Å². The van der Waals surface area contributed by atoms with E-state index in [0.717, 1.165) is 56.1 Å². The van der Waals surface area contributed by atoms with Gasteiger partial charge in [-0.15, -0.1) is 0 Å². The molecule has 3 aromatic rings. The summed E-state index contributed by atoms with van der Waals surface area (Å²) >= 11 is 0. The molecule has 1 aromatic heterocycles. The number of allylic oxidation sites excluding steroid dienone is 1. The van der Waals surface area contributed by atoms with Gasteiger partial charge in [-0.05, 0) is 63.1 Å². The zero-order valence-corrected chi connectivity index (χ0v) is 20.5. The van der Waals surface area contributed by atoms with E-state index in [-0.39, 0.29) is 0 Å². The fourth-order valence-corrected chi connectivity index (χ4v) is 4.51. The summed E-state index contributed by atoms with van der Waals surface area (Å²) in [5, 5.41) is 0. The summed E-state index contributed by atoms with van der Waals surface area (Å²) in [7, 11) is 4.17. The van der Waals surface area contributed by atoms with E-state index in [1.165, 1.54) is 16.9 Å². The van der Waals surface area contributed by atoms with Gasteiger partial charge in [0.15, 0.2) is 0 Å². The highest BCUT2D eigenvalue weighted by Gasteiger charge is 2.25. The van der Waals surface area contributed by atoms with E-state index >= 15 is 0 Å². The monoisotopic (exact) mass is 443 g/mol. The Morgan fingerprint density at radius 1 is 0.939 bits per heavy atom. The number of benzene rings is 2. The van der Waals surface area contributed by atoms with Gasteiger partial charge in [-0.1, -0.05) is 42.0 Å². The first-order valence-corrected chi connectivity index (χ1v) is 12.0. The zero-order valence-electron chi connectivity index (χ0n) is 20.5. The van der Waals surface area contributed by atoms with Crippen LogP contribution in [0.5, 0.6) is 0 Å². The number of nitrogens with zero attached hydrogens (tertiary/aromatic N) is 3. The lowest BCUT2D eigenvalue weighted by atomic mass is 10.0. The molecule has 4 heteroatoms. The summed E-state index contributed by atoms with van der Waals surface area (Å²) in [6, 6.07) is 24.1. The minimum absolute atomic E-state index is 0.558. The van der Waals surface area contributed by atoms with Crippen molar-refractivity contribution in [2.45, 2.75) is 39.3 Å². The first kappa shape index (κ1) is 23.2. The first-order valence-electron chi connectivity index (χ1n) is 12.0. The van der Waals surface area contributed by atoms with Gasteiger partial charge in [0.1, 0.15) is 11.5 Å². The molecule has 1 saturated heterocycles. The van der Waals surface area contributed by atoms with Gasteiger partial charge in [-0.2, -0.15) is 0 Å². The Balaban J connectivity index is 1.41. The molecular weight excluding hydrogens is 406 g/mol. The van der Waals surface area contributed by atoms with Gasteiger partial charge < -0.3 is 14.2 Å². The van der Waals surface area contributed by atoms with Crippen LogP contribution < -0.4 is 9.80 Å². The van der Waals surface area contributed by atoms with Crippen LogP contribution >= 0.6 is 0 Å². The summed E-state index contributed by atoms with van der Waals surface area (Å²) in [5.41, 5.74) is 5.07. The Hall–Kier alpha value is -2.98. The lowest BCUT2D eigenvalue weighted by Gasteiger charge is -2.39. The van der Waals surface area contributed by atoms with Crippen molar-refractivity contribution in [3.8, 4) is 11.3 Å². The second kappa shape index (κ2) is 10.8. The molecule has 0 N–H and O–H groups in total. The van der Waals surface area contributed by atoms with Crippen LogP contribution in [0.1, 0.15) is 32.4 Å². The summed E-state index contributed by atoms with van der Waals surface area (Å²) in [6.45, 7) is 8.34. The molecule has 0 unspecified atom stereocenters. The van der Waals surface area contributed by atoms with E-state index in [0.29, 0.717) is 6.04 Å². The molecule has 2 aromatic carbocycles. The summed E-state index contributed by atoms with van der Waals surface area (Å²) in [5.74, 6) is 1.99. The van der Waals surface area contributed by atoms with Gasteiger partial charge >= 0.3 is 0 Å². The minimum Gasteiger partial charge on any atom is -0.460 e. The number of anilines is 2. The molecule has 0 bridgehead atoms. The normalized spacial score (nSPS) is 14.5. The van der Waals surface area contributed by atoms with E-state index in [2.05, 4.69) is 109 Å². The lowest BCUT2D eigenvalue weighted by Crippen LogP contribution is -2.44. The number of hydrogen-bond acceptors (Lipinski definition) is 4. The van der Waals surface area contributed by atoms with Crippen molar-refractivity contribution in [1.29, 1.82) is 0 Å². The Kier molecular flexibility index (Phi) is 7.56. The SMILES string of the molecule is CC(C)=CCN(Cc1ccc(-c2ccccc2)o1)C1CCN(c2ccc(N(C)C)cc2)CC1. The highest BCUT2D eigenvalue weighted by molar-refractivity contribution is 5.57. The molecule has 0 spiro atoms. The smallest absolute Gasteiger partial charge is 0.134 e. The Labute approximate surface area is 199 Å². The van der Waals surface area contributed by atoms with E-state index < -0.39 is 0 Å². The molecule has 1 aliphatic rings. The Morgan fingerprint density at radius 3 is 2.27 bits per heavy atom. The molecule has 33 heavy (non-hydrogen) atoms. The third-order valence-electron chi connectivity index (χ3n) is 6.53. The van der Waals surface area contributed by atoms with Crippen molar-refractivity contribution in [2.75, 3.05) is 43.5 Å². The predicted octanol–water partition coefficient (Wildman–Crippen LogP) is 6.45. The first-order chi connectivity index (χ1) is 16.0. The van der Waals surface area contributed by atoms with Crippen LogP contribution in [0.3, 0.4) is 0 Å². The van der Waals surface area contributed by atoms with E-state index in [1.54, 1.807) is 0 Å². The van der Waals surface area contributed by atoms with Crippen LogP contribution in [0.25, 0.3) is 11.3 Å². The van der Waals surface area contributed by atoms with Gasteiger partial charge in [0.05, 0.1) is 6.54 Å². The summed E-state index contributed by atoms with van der Waals surface area (Å²) in [4.78, 5) is 7.26. The molecule has 0 atom stereocenters. The standard InChI is InChI=1S/C29H37N3O/c1-23(2)16-19-32(22-28-14-15-29(33-28)24-8-6-5-7-9-24)27-17-20-31(21-18-27)26-12-10-25(11-13-26)30(3)4/h5-16,27H,17-22H2,1-4H3. The number of piperidine rings is 1. The Morgan fingerprint density at radius 2 is 1.64 bits per heavy atom. The summed E-state index contributed by atoms with van der Waals surface area (Å²) in [6.07, 6.45) is 4.67. The minimum atomic E-state index is 0.558. The van der Waals surface area contributed by atoms with Gasteiger partial charge in [-0.25, -0.2) is 0 Å². The average molecular weight is 444 g/mol. The van der Waals surface area contributed by atoms with Crippen LogP contribution in [-0.2, 0) is 6.54 Å². The van der Waals surface area contributed by atoms with E-state index in [1.807, 2.05) is 6.07 Å². The zero-order chi connectivity index (χ0) is 23.2. The van der Waals surface area contributed by atoms with Crippen molar-refractivity contribution in [1.82, 2.24) is 4.90 Å². The summed E-state index contributed by atoms with van der Waals surface area (Å²) < 4.78 is 6.24. The highest BCUT2D eigenvalue weighted by atomic mass is 16.3. The maximum absolute atomic E-state index is 6.24. The molecule has 2 heterocycles. The fourth-order valence-electron chi connectivity index (χ4n) is 4.51. The molecule has 174 valence electrons. The maximum atomic E-state index is 6.24. The highest BCUT2D eigenvalue weighted by Crippen LogP contribution is 2.27. The van der Waals surface area contributed by atoms with Crippen molar-refractivity contribution in [3.05, 3.63) is 84.1 Å². The largest absolute Gasteiger partial charge is 0.460 e. The molecule has 1 aliphatic heterocycles. The van der Waals surface area contributed by atoms with Gasteiger partial charge in [0.2, 0.25) is 0 Å². The molecule has 0 saturated carbocycles. The quantitative estimate of drug-likeness (QED) is 0.373. The average Bonchev–Trinajstić information content (AvgIpc) is 3.31. The molecular formula is C29H37N3O. The predicted molar refractivity (Wildman–Crippen MR) is 140 cm³/mol. The number of furan rings is 1. The van der Waals surface area contributed by atoms with Crippen LogP contribution in [-0.4, -0.2) is 44.7 Å². The van der Waals surface area contributed by atoms with Crippen LogP contribution in [0.4, 0.5) is 11.4 Å². The second-order valence-corrected chi connectivity index (χ2v) is 9.47. The Bertz CT molecular complexity index is 1020. The van der Waals surface area contributed by atoms with Gasteiger partial charge in [-0.3, -0.25) is 4.90 Å². The molecule has 4 nitrogen and oxygen atoms in total. The van der Waals surface area contributed by atoms with Gasteiger partial charge in [0, 0.05) is 56.7 Å². The van der Waals surface area contributed by atoms with Crippen LogP contribution in [0, 0.1) is 0 Å². The number of hydrogen-bond donors (Lipinski definition) is 0. The molecule has 0 aliphatic carbocycles. The third kappa shape index (κ3) is 6.08. The fraction of sp³-hybridized carbons (Fsp3) is 0.379. The van der Waals surface area contributed by atoms with Crippen molar-refractivity contribution < 1.29 is 4.42 Å². The topological polar surface area (TPSA) is 22.9 Å². The molecule has 4 rings (SSSR count). The molecule has 1 fully saturated rings. The van der Waals surface area contributed by atoms with Crippen LogP contribution in [0.15, 0.2) is 82.8 Å².